The van der Waals surface area contributed by atoms with E-state index in [2.05, 4.69) is 26.6 Å². The van der Waals surface area contributed by atoms with Crippen LogP contribution in [0, 0.1) is 22.7 Å². The average Bonchev–Trinajstić information content (AvgIpc) is 3.19. The van der Waals surface area contributed by atoms with E-state index in [0.717, 1.165) is 6.20 Å². The van der Waals surface area contributed by atoms with Gasteiger partial charge in [0.2, 0.25) is 5.91 Å². The van der Waals surface area contributed by atoms with Crippen LogP contribution in [0.3, 0.4) is 0 Å². The highest BCUT2D eigenvalue weighted by Gasteiger charge is 2.54. The monoisotopic (exact) mass is 487 g/mol. The van der Waals surface area contributed by atoms with Crippen molar-refractivity contribution in [2.75, 3.05) is 25.1 Å². The molecule has 1 saturated carbocycles. The summed E-state index contributed by atoms with van der Waals surface area (Å²) in [4.78, 5) is 30.8. The van der Waals surface area contributed by atoms with Crippen LogP contribution < -0.4 is 11.1 Å². The number of amides is 2. The minimum Gasteiger partial charge on any atom is -0.376 e. The maximum Gasteiger partial charge on any atom is 0.333 e. The number of carbonyl (C=O) groups excluding carboxylic acids is 2. The fraction of sp³-hybridized carbons (Fsp3) is 0.429. The highest BCUT2D eigenvalue weighted by molar-refractivity contribution is 6.01. The maximum absolute atomic E-state index is 13.9. The molecular weight excluding hydrogens is 467 g/mol. The second-order valence-corrected chi connectivity index (χ2v) is 8.75. The highest BCUT2D eigenvalue weighted by Crippen LogP contribution is 2.47. The first-order valence-electron chi connectivity index (χ1n) is 10.8. The number of rotatable bonds is 7. The molecule has 0 aromatic carbocycles. The van der Waals surface area contributed by atoms with Crippen LogP contribution in [0.2, 0.25) is 0 Å². The molecule has 3 aromatic rings. The molecule has 0 bridgehead atoms. The lowest BCUT2D eigenvalue weighted by molar-refractivity contribution is -0.134. The number of fused-ring (bicyclic) bond motifs is 1. The number of nitrogens with one attached hydrogen (secondary N) is 1. The van der Waals surface area contributed by atoms with Crippen LogP contribution in [0.15, 0.2) is 24.8 Å². The number of anilines is 1. The second-order valence-electron chi connectivity index (χ2n) is 8.75. The fourth-order valence-corrected chi connectivity index (χ4v) is 4.32. The molecule has 0 spiro atoms. The van der Waals surface area contributed by atoms with E-state index < -0.39 is 36.5 Å². The van der Waals surface area contributed by atoms with Gasteiger partial charge in [-0.3, -0.25) is 14.0 Å². The van der Waals surface area contributed by atoms with Gasteiger partial charge in [-0.05, 0) is 12.8 Å². The summed E-state index contributed by atoms with van der Waals surface area (Å²) >= 11 is 0. The summed E-state index contributed by atoms with van der Waals surface area (Å²) in [5.41, 5.74) is 5.41. The van der Waals surface area contributed by atoms with Crippen LogP contribution in [0.1, 0.15) is 29.7 Å². The smallest absolute Gasteiger partial charge is 0.333 e. The van der Waals surface area contributed by atoms with E-state index in [-0.39, 0.29) is 41.6 Å². The Kier molecular flexibility index (Phi) is 5.34. The molecule has 0 radical (unpaired) electrons. The number of hydrogen-bond acceptors (Lipinski definition) is 7. The van der Waals surface area contributed by atoms with Crippen LogP contribution in [0.25, 0.3) is 16.9 Å². The molecule has 3 aromatic heterocycles. The van der Waals surface area contributed by atoms with Gasteiger partial charge in [0.25, 0.3) is 5.91 Å². The molecule has 1 aliphatic carbocycles. The average molecular weight is 487 g/mol. The van der Waals surface area contributed by atoms with Crippen molar-refractivity contribution in [3.8, 4) is 17.3 Å². The third-order valence-corrected chi connectivity index (χ3v) is 6.48. The zero-order chi connectivity index (χ0) is 24.9. The number of likely N-dealkylation sites (tertiary alicyclic amines) is 1. The number of alkyl halides is 3. The normalized spacial score (nSPS) is 20.8. The molecule has 0 unspecified atom stereocenters. The number of primary amides is 1. The Morgan fingerprint density at radius 1 is 1.26 bits per heavy atom. The molecule has 2 fully saturated rings. The summed E-state index contributed by atoms with van der Waals surface area (Å²) in [5.74, 6) is -1.72. The third-order valence-electron chi connectivity index (χ3n) is 6.48. The van der Waals surface area contributed by atoms with Gasteiger partial charge in [0.15, 0.2) is 5.65 Å². The van der Waals surface area contributed by atoms with Gasteiger partial charge in [0.05, 0.1) is 54.3 Å². The number of halogens is 3. The minimum atomic E-state index is -2.82. The Hall–Kier alpha value is -4.15. The van der Waals surface area contributed by atoms with Gasteiger partial charge >= 0.3 is 6.55 Å². The van der Waals surface area contributed by atoms with Crippen molar-refractivity contribution in [1.82, 2.24) is 29.3 Å². The highest BCUT2D eigenvalue weighted by atomic mass is 19.3. The summed E-state index contributed by atoms with van der Waals surface area (Å²) in [5, 5.41) is 20.2. The van der Waals surface area contributed by atoms with E-state index in [1.165, 1.54) is 28.0 Å². The minimum absolute atomic E-state index is 0.00371. The first-order valence-corrected chi connectivity index (χ1v) is 10.8. The van der Waals surface area contributed by atoms with Crippen molar-refractivity contribution in [1.29, 1.82) is 5.26 Å². The molecule has 1 aliphatic heterocycles. The number of nitrogens with zero attached hydrogens (tertiary/aromatic N) is 7. The lowest BCUT2D eigenvalue weighted by Crippen LogP contribution is -2.36. The van der Waals surface area contributed by atoms with Gasteiger partial charge in [-0.25, -0.2) is 14.2 Å². The van der Waals surface area contributed by atoms with E-state index in [1.807, 2.05) is 0 Å². The van der Waals surface area contributed by atoms with Crippen LogP contribution >= 0.6 is 0 Å². The Balaban J connectivity index is 1.49. The SMILES string of the molecule is N#CC1(C(=O)N2C[C@@H](CF)[C@H](Nc3c(C(N)=O)cnn4cc(-c5cnn(C(F)F)c5)nc34)C2)CC1. The summed E-state index contributed by atoms with van der Waals surface area (Å²) in [6.07, 6.45) is 6.00. The van der Waals surface area contributed by atoms with Crippen molar-refractivity contribution < 1.29 is 22.8 Å². The lowest BCUT2D eigenvalue weighted by Gasteiger charge is -2.21. The van der Waals surface area contributed by atoms with Crippen molar-refractivity contribution in [2.45, 2.75) is 25.4 Å². The van der Waals surface area contributed by atoms with Crippen molar-refractivity contribution >= 4 is 23.1 Å². The molecule has 4 heterocycles. The van der Waals surface area contributed by atoms with Crippen LogP contribution in [0.4, 0.5) is 18.9 Å². The number of nitrogens with two attached hydrogens (primary N) is 1. The summed E-state index contributed by atoms with van der Waals surface area (Å²) in [6.45, 7) is -3.31. The molecule has 5 rings (SSSR count). The summed E-state index contributed by atoms with van der Waals surface area (Å²) in [7, 11) is 0. The quantitative estimate of drug-likeness (QED) is 0.514. The second kappa shape index (κ2) is 8.26. The molecule has 2 aliphatic rings. The topological polar surface area (TPSA) is 147 Å². The first kappa shape index (κ1) is 22.6. The fourth-order valence-electron chi connectivity index (χ4n) is 4.32. The van der Waals surface area contributed by atoms with E-state index in [4.69, 9.17) is 5.73 Å². The Labute approximate surface area is 196 Å². The van der Waals surface area contributed by atoms with Gasteiger partial charge < -0.3 is 16.0 Å². The van der Waals surface area contributed by atoms with Gasteiger partial charge in [0.1, 0.15) is 5.41 Å². The number of carbonyl (C=O) groups is 2. The van der Waals surface area contributed by atoms with E-state index in [9.17, 15) is 28.0 Å². The van der Waals surface area contributed by atoms with Crippen molar-refractivity contribution in [3.63, 3.8) is 0 Å². The van der Waals surface area contributed by atoms with E-state index in [1.54, 1.807) is 0 Å². The predicted molar refractivity (Wildman–Crippen MR) is 115 cm³/mol. The van der Waals surface area contributed by atoms with Gasteiger partial charge in [-0.15, -0.1) is 0 Å². The molecule has 182 valence electrons. The molecule has 2 atom stereocenters. The maximum atomic E-state index is 13.9. The molecule has 14 heteroatoms. The Morgan fingerprint density at radius 2 is 2.03 bits per heavy atom. The number of aromatic nitrogens is 5. The van der Waals surface area contributed by atoms with Crippen LogP contribution in [0.5, 0.6) is 0 Å². The summed E-state index contributed by atoms with van der Waals surface area (Å²) < 4.78 is 41.6. The van der Waals surface area contributed by atoms with Crippen molar-refractivity contribution in [3.05, 3.63) is 30.4 Å². The van der Waals surface area contributed by atoms with Crippen LogP contribution in [-0.4, -0.2) is 66.9 Å². The van der Waals surface area contributed by atoms with E-state index in [0.29, 0.717) is 23.1 Å². The molecule has 3 N–H and O–H groups in total. The predicted octanol–water partition coefficient (Wildman–Crippen LogP) is 1.60. The third kappa shape index (κ3) is 3.82. The molecule has 35 heavy (non-hydrogen) atoms. The largest absolute Gasteiger partial charge is 0.376 e. The number of hydrogen-bond donors (Lipinski definition) is 2. The lowest BCUT2D eigenvalue weighted by atomic mass is 10.0. The zero-order valence-electron chi connectivity index (χ0n) is 18.2. The molecular formula is C21H20F3N9O2. The van der Waals surface area contributed by atoms with Gasteiger partial charge in [-0.1, -0.05) is 0 Å². The van der Waals surface area contributed by atoms with Crippen molar-refractivity contribution in [2.24, 2.45) is 17.1 Å². The molecule has 11 nitrogen and oxygen atoms in total. The van der Waals surface area contributed by atoms with Gasteiger partial charge in [0, 0.05) is 30.8 Å². The first-order chi connectivity index (χ1) is 16.8. The summed E-state index contributed by atoms with van der Waals surface area (Å²) in [6, 6.07) is 1.47. The number of nitriles is 1. The van der Waals surface area contributed by atoms with Crippen LogP contribution in [-0.2, 0) is 4.79 Å². The Morgan fingerprint density at radius 3 is 2.63 bits per heavy atom. The standard InChI is InChI=1S/C21H20F3N9O2/c22-3-11-6-31(19(35)21(10-25)1-2-21)8-14(11)29-16-13(17(26)34)5-28-32-9-15(30-18(16)32)12-4-27-33(7-12)20(23)24/h4-5,7,9,11,14,20,29H,1-3,6,8H2,(H2,26,34)/t11-,14-/m1/s1. The number of imidazole rings is 1. The molecule has 2 amide bonds. The zero-order valence-corrected chi connectivity index (χ0v) is 18.2. The van der Waals surface area contributed by atoms with Gasteiger partial charge in [-0.2, -0.15) is 24.2 Å². The molecule has 1 saturated heterocycles. The Bertz CT molecular complexity index is 1360. The van der Waals surface area contributed by atoms with E-state index >= 15 is 0 Å².